The van der Waals surface area contributed by atoms with Crippen LogP contribution in [0, 0.1) is 32.1 Å². The molecule has 2 heterocycles. The van der Waals surface area contributed by atoms with Crippen LogP contribution in [-0.4, -0.2) is 93.0 Å². The van der Waals surface area contributed by atoms with Gasteiger partial charge in [-0.3, -0.25) is 20.2 Å². The second-order valence-electron chi connectivity index (χ2n) is 12.9. The quantitative estimate of drug-likeness (QED) is 0.120. The SMILES string of the molecule is CC(C)CN(C[C@@H](O)[C@H](Cc1ccc(OS(=O)(=O)c2ccc([N+](=O)[O-])cc2)cc1)NC(=O)O[C@H]1CO[C@H]2OCC[C@H]21)S(=O)(=O)c1ccc([N+](=O)[O-])cc1. The zero-order valence-electron chi connectivity index (χ0n) is 28.5. The van der Waals surface area contributed by atoms with Crippen LogP contribution in [0.3, 0.4) is 0 Å². The van der Waals surface area contributed by atoms with Crippen molar-refractivity contribution in [2.75, 3.05) is 26.3 Å². The van der Waals surface area contributed by atoms with E-state index in [-0.39, 0.29) is 58.3 Å². The highest BCUT2D eigenvalue weighted by Gasteiger charge is 2.44. The van der Waals surface area contributed by atoms with Crippen LogP contribution in [0.5, 0.6) is 5.75 Å². The number of nitrogens with one attached hydrogen (secondary N) is 1. The van der Waals surface area contributed by atoms with Gasteiger partial charge in [0.2, 0.25) is 10.0 Å². The number of aliphatic hydroxyl groups excluding tert-OH is 1. The number of non-ortho nitro benzene ring substituents is 2. The highest BCUT2D eigenvalue weighted by Crippen LogP contribution is 2.33. The summed E-state index contributed by atoms with van der Waals surface area (Å²) in [6.45, 7) is 3.57. The Morgan fingerprint density at radius 3 is 2.06 bits per heavy atom. The van der Waals surface area contributed by atoms with Gasteiger partial charge in [-0.2, -0.15) is 12.7 Å². The maximum absolute atomic E-state index is 13.7. The number of sulfonamides is 1. The van der Waals surface area contributed by atoms with Crippen molar-refractivity contribution < 1.29 is 55.0 Å². The third-order valence-corrected chi connectivity index (χ3v) is 11.7. The largest absolute Gasteiger partial charge is 0.443 e. The number of benzene rings is 3. The van der Waals surface area contributed by atoms with Gasteiger partial charge in [0.1, 0.15) is 16.7 Å². The average Bonchev–Trinajstić information content (AvgIpc) is 3.73. The van der Waals surface area contributed by atoms with Crippen molar-refractivity contribution in [3.8, 4) is 5.75 Å². The molecule has 2 fully saturated rings. The van der Waals surface area contributed by atoms with Crippen LogP contribution in [0.15, 0.2) is 82.6 Å². The summed E-state index contributed by atoms with van der Waals surface area (Å²) >= 11 is 0. The lowest BCUT2D eigenvalue weighted by molar-refractivity contribution is -0.385. The number of aliphatic hydroxyl groups is 1. The molecular formula is C33H38N4O14S2. The van der Waals surface area contributed by atoms with E-state index in [9.17, 15) is 47.0 Å². The molecule has 0 aliphatic carbocycles. The van der Waals surface area contributed by atoms with E-state index >= 15 is 0 Å². The molecular weight excluding hydrogens is 741 g/mol. The number of hydrogen-bond donors (Lipinski definition) is 2. The summed E-state index contributed by atoms with van der Waals surface area (Å²) in [4.78, 5) is 33.4. The molecule has 0 bridgehead atoms. The summed E-state index contributed by atoms with van der Waals surface area (Å²) in [5.41, 5.74) is -0.116. The first-order chi connectivity index (χ1) is 25.0. The fraction of sp³-hybridized carbons (Fsp3) is 0.424. The number of alkyl carbamates (subject to hydrolysis) is 1. The average molecular weight is 779 g/mol. The summed E-state index contributed by atoms with van der Waals surface area (Å²) in [6, 6.07) is 13.0. The zero-order valence-corrected chi connectivity index (χ0v) is 30.2. The van der Waals surface area contributed by atoms with E-state index in [4.69, 9.17) is 18.4 Å². The molecule has 5 atom stereocenters. The molecule has 0 spiro atoms. The van der Waals surface area contributed by atoms with E-state index in [1.165, 1.54) is 24.3 Å². The second kappa shape index (κ2) is 16.5. The third-order valence-electron chi connectivity index (χ3n) is 8.58. The summed E-state index contributed by atoms with van der Waals surface area (Å²) < 4.78 is 76.0. The Kier molecular flexibility index (Phi) is 12.3. The van der Waals surface area contributed by atoms with Gasteiger partial charge >= 0.3 is 16.2 Å². The molecule has 0 unspecified atom stereocenters. The molecule has 5 rings (SSSR count). The van der Waals surface area contributed by atoms with Gasteiger partial charge < -0.3 is 28.8 Å². The van der Waals surface area contributed by atoms with E-state index < -0.39 is 67.2 Å². The number of ether oxygens (including phenoxy) is 3. The number of nitro benzene ring substituents is 2. The lowest BCUT2D eigenvalue weighted by Gasteiger charge is -2.31. The van der Waals surface area contributed by atoms with Gasteiger partial charge in [0.05, 0.1) is 46.0 Å². The zero-order chi connectivity index (χ0) is 38.5. The van der Waals surface area contributed by atoms with Crippen molar-refractivity contribution in [2.45, 2.75) is 61.0 Å². The molecule has 3 aromatic rings. The first-order valence-electron chi connectivity index (χ1n) is 16.4. The molecule has 0 aromatic heterocycles. The van der Waals surface area contributed by atoms with Crippen LogP contribution in [0.25, 0.3) is 0 Å². The maximum Gasteiger partial charge on any atom is 0.407 e. The van der Waals surface area contributed by atoms with Gasteiger partial charge in [-0.05, 0) is 60.7 Å². The maximum atomic E-state index is 13.7. The number of fused-ring (bicyclic) bond motifs is 1. The van der Waals surface area contributed by atoms with Crippen LogP contribution in [0.2, 0.25) is 0 Å². The molecule has 20 heteroatoms. The van der Waals surface area contributed by atoms with E-state index in [2.05, 4.69) is 5.32 Å². The van der Waals surface area contributed by atoms with Crippen LogP contribution in [0.1, 0.15) is 25.8 Å². The van der Waals surface area contributed by atoms with Crippen molar-refractivity contribution in [3.05, 3.63) is 98.6 Å². The predicted molar refractivity (Wildman–Crippen MR) is 185 cm³/mol. The van der Waals surface area contributed by atoms with Gasteiger partial charge in [-0.15, -0.1) is 0 Å². The number of rotatable bonds is 16. The molecule has 2 N–H and O–H groups in total. The Labute approximate surface area is 305 Å². The number of carbonyl (C=O) groups is 1. The minimum Gasteiger partial charge on any atom is -0.443 e. The molecule has 0 radical (unpaired) electrons. The monoisotopic (exact) mass is 778 g/mol. The van der Waals surface area contributed by atoms with Gasteiger partial charge in [0.25, 0.3) is 11.4 Å². The minimum atomic E-state index is -4.36. The number of nitrogens with zero attached hydrogens (tertiary/aromatic N) is 3. The summed E-state index contributed by atoms with van der Waals surface area (Å²) in [5.74, 6) is -0.471. The molecule has 2 saturated heterocycles. The fourth-order valence-corrected chi connectivity index (χ4v) is 8.45. The highest BCUT2D eigenvalue weighted by molar-refractivity contribution is 7.89. The van der Waals surface area contributed by atoms with Gasteiger partial charge in [-0.25, -0.2) is 13.2 Å². The lowest BCUT2D eigenvalue weighted by atomic mass is 10.0. The number of nitro groups is 2. The highest BCUT2D eigenvalue weighted by atomic mass is 32.2. The van der Waals surface area contributed by atoms with E-state index in [0.29, 0.717) is 18.6 Å². The second-order valence-corrected chi connectivity index (χ2v) is 16.4. The van der Waals surface area contributed by atoms with Crippen molar-refractivity contribution >= 4 is 37.6 Å². The molecule has 3 aromatic carbocycles. The lowest BCUT2D eigenvalue weighted by Crippen LogP contribution is -2.51. The smallest absolute Gasteiger partial charge is 0.407 e. The molecule has 18 nitrogen and oxygen atoms in total. The van der Waals surface area contributed by atoms with Crippen LogP contribution in [0.4, 0.5) is 16.2 Å². The topological polar surface area (TPSA) is 244 Å². The standard InChI is InChI=1S/C33H38N4O14S2/c1-21(2)18-35(52(44,45)26-11-5-23(6-12-26)36(40)41)19-30(38)29(34-33(39)50-31-20-49-32-28(31)15-16-48-32)17-22-3-9-25(10-4-22)51-53(46,47)27-13-7-24(8-14-27)37(42)43/h3-14,21,28-32,38H,15-20H2,1-2H3,(H,34,39)/t28-,29-,30+,31-,32+/m0/s1. The van der Waals surface area contributed by atoms with Crippen molar-refractivity contribution in [3.63, 3.8) is 0 Å². The van der Waals surface area contributed by atoms with Crippen LogP contribution in [-0.2, 0) is 40.8 Å². The Morgan fingerprint density at radius 1 is 0.906 bits per heavy atom. The molecule has 53 heavy (non-hydrogen) atoms. The molecule has 2 aliphatic heterocycles. The first kappa shape index (κ1) is 39.5. The van der Waals surface area contributed by atoms with E-state index in [1.54, 1.807) is 13.8 Å². The van der Waals surface area contributed by atoms with E-state index in [0.717, 1.165) is 52.8 Å². The van der Waals surface area contributed by atoms with Crippen molar-refractivity contribution in [2.24, 2.45) is 11.8 Å². The number of amides is 1. The first-order valence-corrected chi connectivity index (χ1v) is 19.3. The van der Waals surface area contributed by atoms with Gasteiger partial charge in [0, 0.05) is 37.4 Å². The van der Waals surface area contributed by atoms with Gasteiger partial charge in [0.15, 0.2) is 6.29 Å². The van der Waals surface area contributed by atoms with Crippen molar-refractivity contribution in [1.29, 1.82) is 0 Å². The number of carbonyl (C=O) groups excluding carboxylic acids is 1. The normalized spacial score (nSPS) is 19.8. The molecule has 1 amide bonds. The van der Waals surface area contributed by atoms with Crippen LogP contribution < -0.4 is 9.50 Å². The molecule has 0 saturated carbocycles. The van der Waals surface area contributed by atoms with Gasteiger partial charge in [-0.1, -0.05) is 26.0 Å². The van der Waals surface area contributed by atoms with E-state index in [1.807, 2.05) is 0 Å². The minimum absolute atomic E-state index is 0.0364. The van der Waals surface area contributed by atoms with Crippen molar-refractivity contribution in [1.82, 2.24) is 9.62 Å². The summed E-state index contributed by atoms with van der Waals surface area (Å²) in [7, 11) is -8.64. The Hall–Kier alpha value is -4.73. The Bertz CT molecular complexity index is 1990. The number of hydrogen-bond acceptors (Lipinski definition) is 14. The predicted octanol–water partition coefficient (Wildman–Crippen LogP) is 3.38. The molecule has 286 valence electrons. The summed E-state index contributed by atoms with van der Waals surface area (Å²) in [5, 5.41) is 36.3. The Morgan fingerprint density at radius 2 is 1.49 bits per heavy atom. The molecule has 2 aliphatic rings. The third kappa shape index (κ3) is 9.83. The van der Waals surface area contributed by atoms with Crippen LogP contribution >= 0.6 is 0 Å². The summed E-state index contributed by atoms with van der Waals surface area (Å²) in [6.07, 6.45) is -2.97. The fourth-order valence-electron chi connectivity index (χ4n) is 5.90. The Balaban J connectivity index is 1.35.